The molecule has 0 unspecified atom stereocenters. The Balaban J connectivity index is 1.55. The van der Waals surface area contributed by atoms with Crippen molar-refractivity contribution in [2.24, 2.45) is 0 Å². The second kappa shape index (κ2) is 6.89. The van der Waals surface area contributed by atoms with Gasteiger partial charge in [-0.25, -0.2) is 15.0 Å². The zero-order chi connectivity index (χ0) is 18.1. The van der Waals surface area contributed by atoms with Gasteiger partial charge in [0.15, 0.2) is 0 Å². The lowest BCUT2D eigenvalue weighted by molar-refractivity contribution is 0.109. The third kappa shape index (κ3) is 2.97. The molecule has 0 aromatic carbocycles. The summed E-state index contributed by atoms with van der Waals surface area (Å²) >= 11 is 0. The van der Waals surface area contributed by atoms with Crippen LogP contribution in [0.15, 0.2) is 12.4 Å². The molecular weight excluding hydrogens is 328 g/mol. The Bertz CT molecular complexity index is 867. The predicted octanol–water partition coefficient (Wildman–Crippen LogP) is 1.76. The van der Waals surface area contributed by atoms with Gasteiger partial charge in [-0.3, -0.25) is 0 Å². The number of pyridine rings is 1. The van der Waals surface area contributed by atoms with Crippen molar-refractivity contribution in [2.45, 2.75) is 26.9 Å². The van der Waals surface area contributed by atoms with E-state index in [1.54, 1.807) is 6.33 Å². The van der Waals surface area contributed by atoms with Crippen LogP contribution in [0.3, 0.4) is 0 Å². The maximum absolute atomic E-state index is 9.56. The van der Waals surface area contributed by atoms with Crippen LogP contribution >= 0.6 is 0 Å². The van der Waals surface area contributed by atoms with Crippen molar-refractivity contribution in [1.29, 1.82) is 5.26 Å². The maximum Gasteiger partial charge on any atom is 0.146 e. The van der Waals surface area contributed by atoms with Gasteiger partial charge in [-0.15, -0.1) is 0 Å². The van der Waals surface area contributed by atoms with Crippen molar-refractivity contribution in [3.8, 4) is 6.07 Å². The fourth-order valence-corrected chi connectivity index (χ4v) is 3.57. The SMILES string of the molecule is Cc1ncnc(N2CCN(c3nc4c(cc3C#N)COCC4)CC2)c1C. The standard InChI is InChI=1S/C19H22N6O/c1-13-14(2)21-12-22-18(13)24-4-6-25(7-5-24)19-15(10-20)9-16-11-26-8-3-17(16)23-19/h9,12H,3-8,11H2,1-2H3. The molecule has 0 radical (unpaired) electrons. The molecule has 1 fully saturated rings. The number of ether oxygens (including phenoxy) is 1. The number of nitrogens with zero attached hydrogens (tertiary/aromatic N) is 6. The van der Waals surface area contributed by atoms with Crippen molar-refractivity contribution < 1.29 is 4.74 Å². The van der Waals surface area contributed by atoms with E-state index >= 15 is 0 Å². The van der Waals surface area contributed by atoms with E-state index in [1.807, 2.05) is 13.0 Å². The number of aryl methyl sites for hydroxylation is 1. The van der Waals surface area contributed by atoms with Crippen molar-refractivity contribution in [3.05, 3.63) is 40.5 Å². The number of nitriles is 1. The summed E-state index contributed by atoms with van der Waals surface area (Å²) in [5.41, 5.74) is 4.89. The van der Waals surface area contributed by atoms with Crippen LogP contribution in [-0.4, -0.2) is 47.7 Å². The average Bonchev–Trinajstić information content (AvgIpc) is 2.69. The monoisotopic (exact) mass is 350 g/mol. The molecule has 0 spiro atoms. The van der Waals surface area contributed by atoms with Crippen molar-refractivity contribution in [2.75, 3.05) is 42.6 Å². The van der Waals surface area contributed by atoms with Crippen LogP contribution < -0.4 is 9.80 Å². The highest BCUT2D eigenvalue weighted by molar-refractivity contribution is 5.58. The van der Waals surface area contributed by atoms with Crippen LogP contribution in [0.5, 0.6) is 0 Å². The summed E-state index contributed by atoms with van der Waals surface area (Å²) in [6.45, 7) is 8.67. The number of rotatable bonds is 2. The first kappa shape index (κ1) is 16.7. The topological polar surface area (TPSA) is 78.2 Å². The van der Waals surface area contributed by atoms with Crippen LogP contribution in [0.25, 0.3) is 0 Å². The summed E-state index contributed by atoms with van der Waals surface area (Å²) in [6.07, 6.45) is 2.44. The van der Waals surface area contributed by atoms with Crippen LogP contribution in [-0.2, 0) is 17.8 Å². The smallest absolute Gasteiger partial charge is 0.146 e. The Morgan fingerprint density at radius 2 is 1.81 bits per heavy atom. The lowest BCUT2D eigenvalue weighted by Crippen LogP contribution is -2.47. The number of aromatic nitrogens is 3. The summed E-state index contributed by atoms with van der Waals surface area (Å²) < 4.78 is 5.48. The minimum absolute atomic E-state index is 0.553. The first-order valence-corrected chi connectivity index (χ1v) is 8.96. The number of anilines is 2. The molecule has 26 heavy (non-hydrogen) atoms. The van der Waals surface area contributed by atoms with Gasteiger partial charge in [-0.05, 0) is 19.9 Å². The van der Waals surface area contributed by atoms with E-state index in [2.05, 4.69) is 32.8 Å². The summed E-state index contributed by atoms with van der Waals surface area (Å²) in [5, 5.41) is 9.56. The average molecular weight is 350 g/mol. The molecule has 4 heterocycles. The van der Waals surface area contributed by atoms with E-state index < -0.39 is 0 Å². The molecule has 7 nitrogen and oxygen atoms in total. The molecule has 7 heteroatoms. The quantitative estimate of drug-likeness (QED) is 0.816. The van der Waals surface area contributed by atoms with Crippen molar-refractivity contribution in [1.82, 2.24) is 15.0 Å². The van der Waals surface area contributed by atoms with Gasteiger partial charge in [0.2, 0.25) is 0 Å². The molecule has 134 valence electrons. The predicted molar refractivity (Wildman–Crippen MR) is 98.2 cm³/mol. The van der Waals surface area contributed by atoms with Crippen molar-refractivity contribution in [3.63, 3.8) is 0 Å². The number of piperazine rings is 1. The first-order valence-electron chi connectivity index (χ1n) is 8.96. The number of hydrogen-bond acceptors (Lipinski definition) is 7. The van der Waals surface area contributed by atoms with E-state index in [1.165, 1.54) is 0 Å². The molecule has 0 N–H and O–H groups in total. The van der Waals surface area contributed by atoms with E-state index in [4.69, 9.17) is 9.72 Å². The Morgan fingerprint density at radius 3 is 2.54 bits per heavy atom. The Kier molecular flexibility index (Phi) is 4.43. The maximum atomic E-state index is 9.56. The van der Waals surface area contributed by atoms with Gasteiger partial charge in [-0.2, -0.15) is 5.26 Å². The minimum Gasteiger partial charge on any atom is -0.376 e. The molecule has 0 atom stereocenters. The minimum atomic E-state index is 0.553. The summed E-state index contributed by atoms with van der Waals surface area (Å²) in [4.78, 5) is 18.0. The lowest BCUT2D eigenvalue weighted by Gasteiger charge is -2.37. The molecule has 0 saturated carbocycles. The fourth-order valence-electron chi connectivity index (χ4n) is 3.57. The first-order chi connectivity index (χ1) is 12.7. The molecule has 2 aromatic rings. The second-order valence-corrected chi connectivity index (χ2v) is 6.76. The zero-order valence-corrected chi connectivity index (χ0v) is 15.2. The van der Waals surface area contributed by atoms with Crippen LogP contribution in [0.1, 0.15) is 28.1 Å². The van der Waals surface area contributed by atoms with Gasteiger partial charge in [0, 0.05) is 49.4 Å². The molecule has 0 amide bonds. The lowest BCUT2D eigenvalue weighted by atomic mass is 10.1. The van der Waals surface area contributed by atoms with Gasteiger partial charge in [0.1, 0.15) is 24.0 Å². The molecule has 0 bridgehead atoms. The summed E-state index contributed by atoms with van der Waals surface area (Å²) in [6, 6.07) is 4.25. The van der Waals surface area contributed by atoms with Crippen LogP contribution in [0.4, 0.5) is 11.6 Å². The molecule has 2 aromatic heterocycles. The molecule has 0 aliphatic carbocycles. The number of fused-ring (bicyclic) bond motifs is 1. The van der Waals surface area contributed by atoms with E-state index in [9.17, 15) is 5.26 Å². The van der Waals surface area contributed by atoms with Gasteiger partial charge < -0.3 is 14.5 Å². The molecule has 1 saturated heterocycles. The molecular formula is C19H22N6O. The highest BCUT2D eigenvalue weighted by Gasteiger charge is 2.24. The third-order valence-corrected chi connectivity index (χ3v) is 5.22. The Hall–Kier alpha value is -2.72. The summed E-state index contributed by atoms with van der Waals surface area (Å²) in [7, 11) is 0. The Labute approximate surface area is 153 Å². The molecule has 4 rings (SSSR count). The molecule has 2 aliphatic heterocycles. The Morgan fingerprint density at radius 1 is 1.08 bits per heavy atom. The van der Waals surface area contributed by atoms with Crippen molar-refractivity contribution >= 4 is 11.6 Å². The summed E-state index contributed by atoms with van der Waals surface area (Å²) in [5.74, 6) is 1.82. The second-order valence-electron chi connectivity index (χ2n) is 6.76. The van der Waals surface area contributed by atoms with Gasteiger partial charge >= 0.3 is 0 Å². The van der Waals surface area contributed by atoms with Crippen LogP contribution in [0, 0.1) is 25.2 Å². The molecule has 2 aliphatic rings. The fraction of sp³-hybridized carbons (Fsp3) is 0.474. The highest BCUT2D eigenvalue weighted by Crippen LogP contribution is 2.26. The van der Waals surface area contributed by atoms with E-state index in [0.717, 1.165) is 66.8 Å². The zero-order valence-electron chi connectivity index (χ0n) is 15.2. The van der Waals surface area contributed by atoms with Crippen LogP contribution in [0.2, 0.25) is 0 Å². The van der Waals surface area contributed by atoms with Gasteiger partial charge in [0.05, 0.1) is 24.5 Å². The largest absolute Gasteiger partial charge is 0.376 e. The van der Waals surface area contributed by atoms with E-state index in [-0.39, 0.29) is 0 Å². The van der Waals surface area contributed by atoms with Gasteiger partial charge in [0.25, 0.3) is 0 Å². The highest BCUT2D eigenvalue weighted by atomic mass is 16.5. The normalized spacial score (nSPS) is 17.0. The van der Waals surface area contributed by atoms with E-state index in [0.29, 0.717) is 18.8 Å². The number of hydrogen-bond donors (Lipinski definition) is 0. The third-order valence-electron chi connectivity index (χ3n) is 5.22. The van der Waals surface area contributed by atoms with Gasteiger partial charge in [-0.1, -0.05) is 0 Å².